The maximum Gasteiger partial charge on any atom is 0.272 e. The van der Waals surface area contributed by atoms with Crippen LogP contribution in [0, 0.1) is 21.8 Å². The van der Waals surface area contributed by atoms with Crippen molar-refractivity contribution in [2.45, 2.75) is 32.4 Å². The van der Waals surface area contributed by atoms with Crippen LogP contribution in [0.25, 0.3) is 0 Å². The topological polar surface area (TPSA) is 72.4 Å². The van der Waals surface area contributed by atoms with Gasteiger partial charge in [-0.3, -0.25) is 15.0 Å². The molecule has 1 aromatic carbocycles. The van der Waals surface area contributed by atoms with Crippen LogP contribution in [0.2, 0.25) is 0 Å². The highest BCUT2D eigenvalue weighted by Gasteiger charge is 2.22. The first-order valence-electron chi connectivity index (χ1n) is 6.88. The molecule has 1 aromatic rings. The van der Waals surface area contributed by atoms with Gasteiger partial charge in [-0.15, -0.1) is 12.4 Å². The number of nitro benzene ring substituents is 1. The molecule has 0 aromatic heterocycles. The average molecular weight is 318 g/mol. The quantitative estimate of drug-likeness (QED) is 0.684. The van der Waals surface area contributed by atoms with Gasteiger partial charge in [0.2, 0.25) is 0 Å². The predicted molar refractivity (Wildman–Crippen MR) is 82.0 cm³/mol. The fourth-order valence-electron chi connectivity index (χ4n) is 2.66. The molecule has 0 saturated carbocycles. The van der Waals surface area contributed by atoms with E-state index in [0.29, 0.717) is 18.0 Å². The summed E-state index contributed by atoms with van der Waals surface area (Å²) in [5.41, 5.74) is 6.19. The van der Waals surface area contributed by atoms with E-state index < -0.39 is 10.7 Å². The minimum absolute atomic E-state index is 0. The normalized spacial score (nSPS) is 18.0. The van der Waals surface area contributed by atoms with E-state index in [2.05, 4.69) is 4.90 Å². The lowest BCUT2D eigenvalue weighted by Crippen LogP contribution is -2.39. The molecule has 1 fully saturated rings. The number of hydrogen-bond acceptors (Lipinski definition) is 4. The Morgan fingerprint density at radius 3 is 2.57 bits per heavy atom. The van der Waals surface area contributed by atoms with E-state index in [1.165, 1.54) is 12.1 Å². The number of rotatable bonds is 4. The maximum absolute atomic E-state index is 13.8. The number of nitro groups is 1. The Morgan fingerprint density at radius 2 is 2.10 bits per heavy atom. The molecule has 1 atom stereocenters. The highest BCUT2D eigenvalue weighted by Crippen LogP contribution is 2.23. The molecule has 0 spiro atoms. The number of hydrogen-bond donors (Lipinski definition) is 1. The number of likely N-dealkylation sites (tertiary alicyclic amines) is 1. The summed E-state index contributed by atoms with van der Waals surface area (Å²) in [6.07, 6.45) is 2.04. The van der Waals surface area contributed by atoms with Crippen LogP contribution in [0.1, 0.15) is 25.3 Å². The smallest absolute Gasteiger partial charge is 0.272 e. The van der Waals surface area contributed by atoms with Gasteiger partial charge in [0.05, 0.1) is 11.0 Å². The lowest BCUT2D eigenvalue weighted by Gasteiger charge is -2.33. The fraction of sp³-hybridized carbons (Fsp3) is 0.571. The Bertz CT molecular complexity index is 491. The van der Waals surface area contributed by atoms with Gasteiger partial charge < -0.3 is 5.73 Å². The summed E-state index contributed by atoms with van der Waals surface area (Å²) < 4.78 is 13.8. The second kappa shape index (κ2) is 7.68. The highest BCUT2D eigenvalue weighted by molar-refractivity contribution is 5.85. The summed E-state index contributed by atoms with van der Waals surface area (Å²) in [6.45, 7) is 4.30. The average Bonchev–Trinajstić information content (AvgIpc) is 2.41. The van der Waals surface area contributed by atoms with Crippen molar-refractivity contribution in [3.63, 3.8) is 0 Å². The van der Waals surface area contributed by atoms with Crippen LogP contribution in [0.15, 0.2) is 18.2 Å². The van der Waals surface area contributed by atoms with Gasteiger partial charge in [0, 0.05) is 24.2 Å². The number of benzene rings is 1. The van der Waals surface area contributed by atoms with Gasteiger partial charge in [-0.2, -0.15) is 0 Å². The third-order valence-corrected chi connectivity index (χ3v) is 4.02. The summed E-state index contributed by atoms with van der Waals surface area (Å²) >= 11 is 0. The number of halogens is 2. The van der Waals surface area contributed by atoms with E-state index in [1.807, 2.05) is 6.92 Å². The van der Waals surface area contributed by atoms with Gasteiger partial charge in [-0.25, -0.2) is 4.39 Å². The van der Waals surface area contributed by atoms with Crippen molar-refractivity contribution in [3.8, 4) is 0 Å². The first kappa shape index (κ1) is 17.8. The third-order valence-electron chi connectivity index (χ3n) is 4.02. The minimum atomic E-state index is -0.582. The van der Waals surface area contributed by atoms with Crippen LogP contribution < -0.4 is 5.73 Å². The third kappa shape index (κ3) is 4.62. The van der Waals surface area contributed by atoms with E-state index in [4.69, 9.17) is 5.73 Å². The zero-order valence-electron chi connectivity index (χ0n) is 12.0. The van der Waals surface area contributed by atoms with E-state index in [0.717, 1.165) is 32.0 Å². The number of piperidine rings is 1. The second-order valence-corrected chi connectivity index (χ2v) is 5.51. The molecule has 0 bridgehead atoms. The zero-order valence-corrected chi connectivity index (χ0v) is 12.8. The monoisotopic (exact) mass is 317 g/mol. The van der Waals surface area contributed by atoms with Crippen LogP contribution in [0.4, 0.5) is 10.1 Å². The van der Waals surface area contributed by atoms with Crippen LogP contribution in [-0.2, 0) is 6.54 Å². The Balaban J connectivity index is 0.00000220. The van der Waals surface area contributed by atoms with Crippen LogP contribution >= 0.6 is 12.4 Å². The molecule has 1 aliphatic heterocycles. The summed E-state index contributed by atoms with van der Waals surface area (Å²) in [4.78, 5) is 12.2. The number of nitrogens with two attached hydrogens (primary N) is 1. The summed E-state index contributed by atoms with van der Waals surface area (Å²) in [5, 5.41) is 10.6. The SMILES string of the molecule is CC(N)C1CCN(Cc2ccc([N+](=O)[O-])cc2F)CC1.Cl. The molecule has 0 amide bonds. The largest absolute Gasteiger partial charge is 0.328 e. The summed E-state index contributed by atoms with van der Waals surface area (Å²) in [7, 11) is 0. The summed E-state index contributed by atoms with van der Waals surface area (Å²) in [5.74, 6) is 0.0291. The first-order chi connectivity index (χ1) is 9.47. The van der Waals surface area contributed by atoms with Crippen LogP contribution in [0.3, 0.4) is 0 Å². The van der Waals surface area contributed by atoms with Crippen LogP contribution in [0.5, 0.6) is 0 Å². The van der Waals surface area contributed by atoms with Gasteiger partial charge in [0.15, 0.2) is 0 Å². The maximum atomic E-state index is 13.8. The van der Waals surface area contributed by atoms with Crippen molar-refractivity contribution in [3.05, 3.63) is 39.7 Å². The van der Waals surface area contributed by atoms with Gasteiger partial charge in [0.25, 0.3) is 5.69 Å². The molecule has 1 aliphatic rings. The second-order valence-electron chi connectivity index (χ2n) is 5.51. The molecular weight excluding hydrogens is 297 g/mol. The molecule has 2 rings (SSSR count). The predicted octanol–water partition coefficient (Wildman–Crippen LogP) is 2.71. The van der Waals surface area contributed by atoms with Crippen molar-refractivity contribution < 1.29 is 9.31 Å². The Kier molecular flexibility index (Phi) is 6.51. The molecule has 5 nitrogen and oxygen atoms in total. The fourth-order valence-corrected chi connectivity index (χ4v) is 2.66. The van der Waals surface area contributed by atoms with Gasteiger partial charge >= 0.3 is 0 Å². The Hall–Kier alpha value is -1.24. The molecular formula is C14H21ClFN3O2. The Labute approximate surface area is 129 Å². The summed E-state index contributed by atoms with van der Waals surface area (Å²) in [6, 6.07) is 4.05. The highest BCUT2D eigenvalue weighted by atomic mass is 35.5. The van der Waals surface area contributed by atoms with E-state index >= 15 is 0 Å². The van der Waals surface area contributed by atoms with E-state index in [9.17, 15) is 14.5 Å². The van der Waals surface area contributed by atoms with Crippen molar-refractivity contribution >= 4 is 18.1 Å². The van der Waals surface area contributed by atoms with Crippen molar-refractivity contribution in [1.82, 2.24) is 4.90 Å². The number of non-ortho nitro benzene ring substituents is 1. The van der Waals surface area contributed by atoms with Gasteiger partial charge in [-0.1, -0.05) is 0 Å². The lowest BCUT2D eigenvalue weighted by atomic mass is 9.91. The van der Waals surface area contributed by atoms with E-state index in [1.54, 1.807) is 0 Å². The molecule has 1 unspecified atom stereocenters. The Morgan fingerprint density at radius 1 is 1.48 bits per heavy atom. The minimum Gasteiger partial charge on any atom is -0.328 e. The molecule has 21 heavy (non-hydrogen) atoms. The van der Waals surface area contributed by atoms with Crippen LogP contribution in [-0.4, -0.2) is 29.0 Å². The molecule has 1 saturated heterocycles. The first-order valence-corrected chi connectivity index (χ1v) is 6.88. The number of nitrogens with zero attached hydrogens (tertiary/aromatic N) is 2. The molecule has 118 valence electrons. The van der Waals surface area contributed by atoms with Gasteiger partial charge in [-0.05, 0) is 44.8 Å². The standard InChI is InChI=1S/C14H20FN3O2.ClH/c1-10(16)11-4-6-17(7-5-11)9-12-2-3-13(18(19)20)8-14(12)15;/h2-3,8,10-11H,4-7,9,16H2,1H3;1H. The van der Waals surface area contributed by atoms with Crippen molar-refractivity contribution in [1.29, 1.82) is 0 Å². The van der Waals surface area contributed by atoms with Crippen molar-refractivity contribution in [2.24, 2.45) is 11.7 Å². The molecule has 0 radical (unpaired) electrons. The van der Waals surface area contributed by atoms with E-state index in [-0.39, 0.29) is 24.1 Å². The van der Waals surface area contributed by atoms with Crippen molar-refractivity contribution in [2.75, 3.05) is 13.1 Å². The molecule has 1 heterocycles. The molecule has 0 aliphatic carbocycles. The lowest BCUT2D eigenvalue weighted by molar-refractivity contribution is -0.385. The molecule has 7 heteroatoms. The molecule has 2 N–H and O–H groups in total. The zero-order chi connectivity index (χ0) is 14.7. The van der Waals surface area contributed by atoms with Gasteiger partial charge in [0.1, 0.15) is 5.82 Å².